The number of aromatic nitrogens is 1. The van der Waals surface area contributed by atoms with E-state index in [1.807, 2.05) is 24.9 Å². The molecular weight excluding hydrogens is 358 g/mol. The van der Waals surface area contributed by atoms with Crippen molar-refractivity contribution in [3.63, 3.8) is 0 Å². The summed E-state index contributed by atoms with van der Waals surface area (Å²) in [6.07, 6.45) is 0.518. The number of morpholine rings is 1. The van der Waals surface area contributed by atoms with Gasteiger partial charge in [-0.1, -0.05) is 37.3 Å². The van der Waals surface area contributed by atoms with Crippen molar-refractivity contribution in [2.75, 3.05) is 26.7 Å². The molecule has 0 aliphatic carbocycles. The van der Waals surface area contributed by atoms with Crippen molar-refractivity contribution in [1.29, 1.82) is 0 Å². The zero-order chi connectivity index (χ0) is 19.4. The van der Waals surface area contributed by atoms with Gasteiger partial charge in [-0.15, -0.1) is 11.3 Å². The van der Waals surface area contributed by atoms with E-state index in [0.29, 0.717) is 13.2 Å². The summed E-state index contributed by atoms with van der Waals surface area (Å²) >= 11 is 1.71. The topological polar surface area (TPSA) is 45.7 Å². The van der Waals surface area contributed by atoms with E-state index in [2.05, 4.69) is 48.0 Å². The largest absolute Gasteiger partial charge is 0.366 e. The molecule has 3 rings (SSSR count). The zero-order valence-electron chi connectivity index (χ0n) is 16.6. The van der Waals surface area contributed by atoms with E-state index in [1.54, 1.807) is 11.3 Å². The normalized spacial score (nSPS) is 19.0. The van der Waals surface area contributed by atoms with E-state index in [1.165, 1.54) is 10.4 Å². The second-order valence-electron chi connectivity index (χ2n) is 7.12. The molecule has 1 aliphatic rings. The Morgan fingerprint density at radius 1 is 1.41 bits per heavy atom. The van der Waals surface area contributed by atoms with E-state index in [0.717, 1.165) is 30.2 Å². The fourth-order valence-electron chi connectivity index (χ4n) is 3.44. The molecular formula is C21H29N3O2S. The van der Waals surface area contributed by atoms with Crippen LogP contribution in [0.1, 0.15) is 41.0 Å². The molecule has 0 spiro atoms. The van der Waals surface area contributed by atoms with E-state index in [-0.39, 0.29) is 11.9 Å². The Morgan fingerprint density at radius 3 is 2.81 bits per heavy atom. The van der Waals surface area contributed by atoms with Gasteiger partial charge in [-0.2, -0.15) is 0 Å². The van der Waals surface area contributed by atoms with Gasteiger partial charge in [0, 0.05) is 31.6 Å². The highest BCUT2D eigenvalue weighted by Gasteiger charge is 2.32. The highest BCUT2D eigenvalue weighted by Crippen LogP contribution is 2.29. The lowest BCUT2D eigenvalue weighted by Gasteiger charge is -2.35. The summed E-state index contributed by atoms with van der Waals surface area (Å²) in [5.41, 5.74) is 2.29. The number of hydrogen-bond acceptors (Lipinski definition) is 5. The van der Waals surface area contributed by atoms with Crippen LogP contribution in [-0.4, -0.2) is 53.5 Å². The third kappa shape index (κ3) is 4.75. The van der Waals surface area contributed by atoms with Crippen LogP contribution >= 0.6 is 11.3 Å². The molecule has 6 heteroatoms. The van der Waals surface area contributed by atoms with Crippen molar-refractivity contribution < 1.29 is 9.53 Å². The lowest BCUT2D eigenvalue weighted by atomic mass is 10.1. The van der Waals surface area contributed by atoms with Crippen LogP contribution in [0, 0.1) is 6.92 Å². The molecule has 1 aliphatic heterocycles. The van der Waals surface area contributed by atoms with Gasteiger partial charge >= 0.3 is 0 Å². The van der Waals surface area contributed by atoms with Gasteiger partial charge in [-0.05, 0) is 25.8 Å². The summed E-state index contributed by atoms with van der Waals surface area (Å²) in [6.45, 7) is 9.13. The first-order valence-electron chi connectivity index (χ1n) is 9.60. The van der Waals surface area contributed by atoms with Crippen molar-refractivity contribution in [1.82, 2.24) is 14.8 Å². The molecule has 2 heterocycles. The Labute approximate surface area is 166 Å². The number of thiazole rings is 1. The van der Waals surface area contributed by atoms with Crippen LogP contribution in [0.2, 0.25) is 0 Å². The number of benzene rings is 1. The fraction of sp³-hybridized carbons (Fsp3) is 0.524. The first-order chi connectivity index (χ1) is 13.0. The second kappa shape index (κ2) is 8.95. The number of hydrogen-bond donors (Lipinski definition) is 0. The van der Waals surface area contributed by atoms with E-state index in [4.69, 9.17) is 4.74 Å². The van der Waals surface area contributed by atoms with Crippen LogP contribution in [0.15, 0.2) is 30.3 Å². The van der Waals surface area contributed by atoms with Crippen LogP contribution < -0.4 is 0 Å². The van der Waals surface area contributed by atoms with Crippen molar-refractivity contribution in [3.8, 4) is 0 Å². The van der Waals surface area contributed by atoms with Gasteiger partial charge in [-0.3, -0.25) is 9.69 Å². The van der Waals surface area contributed by atoms with Crippen molar-refractivity contribution in [2.24, 2.45) is 0 Å². The van der Waals surface area contributed by atoms with Crippen molar-refractivity contribution in [3.05, 3.63) is 51.5 Å². The minimum atomic E-state index is -0.409. The molecule has 2 aromatic rings. The van der Waals surface area contributed by atoms with E-state index < -0.39 is 6.10 Å². The smallest absolute Gasteiger partial charge is 0.253 e. The minimum absolute atomic E-state index is 0.00315. The highest BCUT2D eigenvalue weighted by molar-refractivity contribution is 7.11. The van der Waals surface area contributed by atoms with Gasteiger partial charge in [0.05, 0.1) is 23.4 Å². The molecule has 146 valence electrons. The SMILES string of the molecule is CCc1nc(C)c([C@H](C)N(C)C(=O)[C@H]2CN(Cc3ccccc3)CCO2)s1. The number of nitrogens with zero attached hydrogens (tertiary/aromatic N) is 3. The monoisotopic (exact) mass is 387 g/mol. The van der Waals surface area contributed by atoms with Crippen LogP contribution in [0.25, 0.3) is 0 Å². The maximum Gasteiger partial charge on any atom is 0.253 e. The third-order valence-electron chi connectivity index (χ3n) is 5.16. The molecule has 1 aromatic heterocycles. The first kappa shape index (κ1) is 20.0. The average Bonchev–Trinajstić information content (AvgIpc) is 3.08. The van der Waals surface area contributed by atoms with Gasteiger partial charge in [0.1, 0.15) is 6.10 Å². The summed E-state index contributed by atoms with van der Waals surface area (Å²) in [4.78, 5) is 22.9. The fourth-order valence-corrected chi connectivity index (χ4v) is 4.54. The van der Waals surface area contributed by atoms with Gasteiger partial charge in [-0.25, -0.2) is 4.98 Å². The van der Waals surface area contributed by atoms with E-state index >= 15 is 0 Å². The maximum absolute atomic E-state index is 13.1. The molecule has 0 unspecified atom stereocenters. The number of carbonyl (C=O) groups excluding carboxylic acids is 1. The second-order valence-corrected chi connectivity index (χ2v) is 8.23. The first-order valence-corrected chi connectivity index (χ1v) is 10.4. The molecule has 5 nitrogen and oxygen atoms in total. The van der Waals surface area contributed by atoms with Gasteiger partial charge in [0.2, 0.25) is 0 Å². The van der Waals surface area contributed by atoms with Crippen molar-refractivity contribution in [2.45, 2.75) is 45.9 Å². The molecule has 1 amide bonds. The third-order valence-corrected chi connectivity index (χ3v) is 6.63. The highest BCUT2D eigenvalue weighted by atomic mass is 32.1. The average molecular weight is 388 g/mol. The van der Waals surface area contributed by atoms with Crippen LogP contribution in [0.5, 0.6) is 0 Å². The Morgan fingerprint density at radius 2 is 2.15 bits per heavy atom. The predicted octanol–water partition coefficient (Wildman–Crippen LogP) is 3.43. The molecule has 1 saturated heterocycles. The maximum atomic E-state index is 13.1. The number of likely N-dealkylation sites (N-methyl/N-ethyl adjacent to an activating group) is 1. The number of aryl methyl sites for hydroxylation is 2. The lowest BCUT2D eigenvalue weighted by Crippen LogP contribution is -2.50. The van der Waals surface area contributed by atoms with Crippen LogP contribution in [0.4, 0.5) is 0 Å². The molecule has 0 radical (unpaired) electrons. The van der Waals surface area contributed by atoms with Gasteiger partial charge in [0.25, 0.3) is 5.91 Å². The Balaban J connectivity index is 1.64. The molecule has 0 N–H and O–H groups in total. The van der Waals surface area contributed by atoms with Crippen molar-refractivity contribution >= 4 is 17.2 Å². The molecule has 0 saturated carbocycles. The Hall–Kier alpha value is -1.76. The summed E-state index contributed by atoms with van der Waals surface area (Å²) in [6, 6.07) is 10.4. The molecule has 1 fully saturated rings. The Bertz CT molecular complexity index is 762. The number of carbonyl (C=O) groups is 1. The quantitative estimate of drug-likeness (QED) is 0.762. The predicted molar refractivity (Wildman–Crippen MR) is 109 cm³/mol. The number of ether oxygens (including phenoxy) is 1. The number of rotatable bonds is 6. The zero-order valence-corrected chi connectivity index (χ0v) is 17.5. The van der Waals surface area contributed by atoms with Crippen LogP contribution in [-0.2, 0) is 22.5 Å². The summed E-state index contributed by atoms with van der Waals surface area (Å²) in [7, 11) is 1.87. The lowest BCUT2D eigenvalue weighted by molar-refractivity contribution is -0.150. The Kier molecular flexibility index (Phi) is 6.63. The van der Waals surface area contributed by atoms with Crippen LogP contribution in [0.3, 0.4) is 0 Å². The standard InChI is InChI=1S/C21H29N3O2S/c1-5-19-22-15(2)20(27-19)16(3)23(4)21(25)18-14-24(11-12-26-18)13-17-9-7-6-8-10-17/h6-10,16,18H,5,11-14H2,1-4H3/t16-,18+/m0/s1. The molecule has 27 heavy (non-hydrogen) atoms. The minimum Gasteiger partial charge on any atom is -0.366 e. The summed E-state index contributed by atoms with van der Waals surface area (Å²) in [5.74, 6) is 0.0473. The summed E-state index contributed by atoms with van der Waals surface area (Å²) < 4.78 is 5.83. The number of amides is 1. The molecule has 0 bridgehead atoms. The molecule has 1 aromatic carbocycles. The van der Waals surface area contributed by atoms with E-state index in [9.17, 15) is 4.79 Å². The molecule has 2 atom stereocenters. The summed E-state index contributed by atoms with van der Waals surface area (Å²) in [5, 5.41) is 1.12. The van der Waals surface area contributed by atoms with Gasteiger partial charge in [0.15, 0.2) is 0 Å². The van der Waals surface area contributed by atoms with Gasteiger partial charge < -0.3 is 9.64 Å².